The molecule has 1 aromatic carbocycles. The lowest BCUT2D eigenvalue weighted by Gasteiger charge is -2.26. The first-order valence-electron chi connectivity index (χ1n) is 7.59. The Morgan fingerprint density at radius 3 is 2.52 bits per heavy atom. The number of nitrogens with zero attached hydrogens (tertiary/aromatic N) is 3. The average Bonchev–Trinajstić information content (AvgIpc) is 3.10. The third kappa shape index (κ3) is 3.97. The Morgan fingerprint density at radius 2 is 1.88 bits per heavy atom. The lowest BCUT2D eigenvalue weighted by molar-refractivity contribution is 0.0632. The fourth-order valence-electron chi connectivity index (χ4n) is 2.43. The van der Waals surface area contributed by atoms with Gasteiger partial charge in [-0.15, -0.1) is 0 Å². The zero-order valence-electron chi connectivity index (χ0n) is 13.2. The molecule has 0 N–H and O–H groups in total. The average molecular weight is 373 g/mol. The van der Waals surface area contributed by atoms with Gasteiger partial charge in [-0.3, -0.25) is 4.57 Å². The summed E-state index contributed by atoms with van der Waals surface area (Å²) in [7, 11) is -3.57. The minimum absolute atomic E-state index is 0.0833. The molecule has 2 aromatic rings. The lowest BCUT2D eigenvalue weighted by atomic mass is 10.3. The quantitative estimate of drug-likeness (QED) is 0.773. The number of imidazole rings is 1. The van der Waals surface area contributed by atoms with E-state index in [0.717, 1.165) is 0 Å². The second-order valence-corrected chi connectivity index (χ2v) is 7.24. The van der Waals surface area contributed by atoms with Crippen molar-refractivity contribution in [2.75, 3.05) is 26.3 Å². The number of benzene rings is 1. The highest BCUT2D eigenvalue weighted by Crippen LogP contribution is 2.21. The maximum absolute atomic E-state index is 12.7. The van der Waals surface area contributed by atoms with Gasteiger partial charge in [0, 0.05) is 25.5 Å². The van der Waals surface area contributed by atoms with Crippen LogP contribution >= 0.6 is 0 Å². The van der Waals surface area contributed by atoms with Crippen LogP contribution in [0.1, 0.15) is 12.4 Å². The molecule has 0 atom stereocenters. The summed E-state index contributed by atoms with van der Waals surface area (Å²) in [5.41, 5.74) is 0. The Hall–Kier alpha value is -2.04. The second kappa shape index (κ2) is 7.46. The van der Waals surface area contributed by atoms with E-state index >= 15 is 0 Å². The first-order valence-corrected chi connectivity index (χ1v) is 9.03. The van der Waals surface area contributed by atoms with E-state index in [1.165, 1.54) is 41.0 Å². The van der Waals surface area contributed by atoms with E-state index in [-0.39, 0.29) is 17.3 Å². The van der Waals surface area contributed by atoms with E-state index in [2.05, 4.69) is 4.98 Å². The molecule has 0 unspecified atom stereocenters. The van der Waals surface area contributed by atoms with Crippen molar-refractivity contribution in [3.05, 3.63) is 42.5 Å². The molecule has 1 aromatic heterocycles. The summed E-state index contributed by atoms with van der Waals surface area (Å²) in [5, 5.41) is 0. The largest absolute Gasteiger partial charge is 0.486 e. The van der Waals surface area contributed by atoms with Gasteiger partial charge in [0.1, 0.15) is 12.4 Å². The van der Waals surface area contributed by atoms with Gasteiger partial charge in [-0.05, 0) is 24.3 Å². The maximum atomic E-state index is 12.7. The third-order valence-corrected chi connectivity index (χ3v) is 5.67. The molecule has 1 saturated heterocycles. The zero-order chi connectivity index (χ0) is 17.9. The van der Waals surface area contributed by atoms with Crippen molar-refractivity contribution < 1.29 is 26.7 Å². The van der Waals surface area contributed by atoms with Crippen LogP contribution in [0.25, 0.3) is 0 Å². The van der Waals surface area contributed by atoms with Crippen molar-refractivity contribution in [1.29, 1.82) is 0 Å². The number of halogens is 2. The first kappa shape index (κ1) is 17.8. The Bertz CT molecular complexity index is 802. The molecule has 0 bridgehead atoms. The van der Waals surface area contributed by atoms with Crippen molar-refractivity contribution in [2.24, 2.45) is 0 Å². The molecular weight excluding hydrogens is 356 g/mol. The Morgan fingerprint density at radius 1 is 1.20 bits per heavy atom. The van der Waals surface area contributed by atoms with Gasteiger partial charge >= 0.3 is 6.55 Å². The van der Waals surface area contributed by atoms with Gasteiger partial charge in [-0.1, -0.05) is 0 Å². The van der Waals surface area contributed by atoms with E-state index in [4.69, 9.17) is 9.47 Å². The molecule has 0 aliphatic carbocycles. The summed E-state index contributed by atoms with van der Waals surface area (Å²) >= 11 is 0. The van der Waals surface area contributed by atoms with Crippen LogP contribution in [0.3, 0.4) is 0 Å². The number of aromatic nitrogens is 2. The van der Waals surface area contributed by atoms with Crippen molar-refractivity contribution in [3.63, 3.8) is 0 Å². The van der Waals surface area contributed by atoms with E-state index < -0.39 is 16.6 Å². The molecule has 0 amide bonds. The van der Waals surface area contributed by atoms with Crippen molar-refractivity contribution in [3.8, 4) is 5.75 Å². The molecule has 25 heavy (non-hydrogen) atoms. The Kier molecular flexibility index (Phi) is 5.30. The van der Waals surface area contributed by atoms with Crippen molar-refractivity contribution in [1.82, 2.24) is 13.9 Å². The van der Waals surface area contributed by atoms with Crippen LogP contribution in [0.5, 0.6) is 5.75 Å². The van der Waals surface area contributed by atoms with E-state index in [9.17, 15) is 17.2 Å². The normalized spacial score (nSPS) is 16.3. The standard InChI is InChI=1S/C15H17F2N3O4S/c16-15(17)20-6-5-18-14(20)11-24-12-1-3-13(4-2-12)25(21,22)19-7-9-23-10-8-19/h1-6,15H,7-11H2. The van der Waals surface area contributed by atoms with Crippen LogP contribution in [-0.4, -0.2) is 48.6 Å². The summed E-state index contributed by atoms with van der Waals surface area (Å²) in [6, 6.07) is 5.84. The van der Waals surface area contributed by atoms with Crippen LogP contribution in [0.2, 0.25) is 0 Å². The predicted molar refractivity (Wildman–Crippen MR) is 83.8 cm³/mol. The number of hydrogen-bond acceptors (Lipinski definition) is 5. The second-order valence-electron chi connectivity index (χ2n) is 5.30. The molecule has 3 rings (SSSR count). The molecular formula is C15H17F2N3O4S. The highest BCUT2D eigenvalue weighted by atomic mass is 32.2. The maximum Gasteiger partial charge on any atom is 0.320 e. The molecule has 136 valence electrons. The summed E-state index contributed by atoms with van der Waals surface area (Å²) in [6.07, 6.45) is 2.43. The minimum atomic E-state index is -3.57. The number of sulfonamides is 1. The zero-order valence-corrected chi connectivity index (χ0v) is 14.0. The summed E-state index contributed by atoms with van der Waals surface area (Å²) in [4.78, 5) is 3.96. The van der Waals surface area contributed by atoms with Gasteiger partial charge in [0.25, 0.3) is 0 Å². The van der Waals surface area contributed by atoms with Crippen LogP contribution in [0, 0.1) is 0 Å². The van der Waals surface area contributed by atoms with Crippen LogP contribution < -0.4 is 4.74 Å². The van der Waals surface area contributed by atoms with E-state index in [1.807, 2.05) is 0 Å². The molecule has 0 spiro atoms. The number of rotatable bonds is 6. The predicted octanol–water partition coefficient (Wildman–Crippen LogP) is 1.88. The van der Waals surface area contributed by atoms with Crippen molar-refractivity contribution >= 4 is 10.0 Å². The third-order valence-electron chi connectivity index (χ3n) is 3.76. The molecule has 0 radical (unpaired) electrons. The summed E-state index contributed by atoms with van der Waals surface area (Å²) in [6.45, 7) is -1.46. The van der Waals surface area contributed by atoms with Crippen LogP contribution in [0.15, 0.2) is 41.6 Å². The Labute approximate surface area is 143 Å². The first-order chi connectivity index (χ1) is 12.0. The lowest BCUT2D eigenvalue weighted by Crippen LogP contribution is -2.40. The van der Waals surface area contributed by atoms with Gasteiger partial charge in [-0.25, -0.2) is 13.4 Å². The Balaban J connectivity index is 1.67. The summed E-state index contributed by atoms with van der Waals surface area (Å²) in [5.74, 6) is 0.449. The van der Waals surface area contributed by atoms with Crippen molar-refractivity contribution in [2.45, 2.75) is 18.1 Å². The highest BCUT2D eigenvalue weighted by molar-refractivity contribution is 7.89. The smallest absolute Gasteiger partial charge is 0.320 e. The van der Waals surface area contributed by atoms with E-state index in [0.29, 0.717) is 36.6 Å². The molecule has 7 nitrogen and oxygen atoms in total. The fourth-order valence-corrected chi connectivity index (χ4v) is 3.83. The number of ether oxygens (including phenoxy) is 2. The minimum Gasteiger partial charge on any atom is -0.486 e. The molecule has 1 aliphatic rings. The number of alkyl halides is 2. The monoisotopic (exact) mass is 373 g/mol. The van der Waals surface area contributed by atoms with Gasteiger partial charge in [0.2, 0.25) is 10.0 Å². The van der Waals surface area contributed by atoms with Crippen LogP contribution in [-0.2, 0) is 21.4 Å². The molecule has 2 heterocycles. The van der Waals surface area contributed by atoms with Crippen LogP contribution in [0.4, 0.5) is 8.78 Å². The van der Waals surface area contributed by atoms with Gasteiger partial charge in [0.15, 0.2) is 5.82 Å². The number of hydrogen-bond donors (Lipinski definition) is 0. The van der Waals surface area contributed by atoms with Gasteiger partial charge in [0.05, 0.1) is 18.1 Å². The molecule has 1 aliphatic heterocycles. The summed E-state index contributed by atoms with van der Waals surface area (Å²) < 4.78 is 63.1. The van der Waals surface area contributed by atoms with Gasteiger partial charge in [-0.2, -0.15) is 13.1 Å². The topological polar surface area (TPSA) is 73.7 Å². The SMILES string of the molecule is O=S(=O)(c1ccc(OCc2nccn2C(F)F)cc1)N1CCOCC1. The molecule has 1 fully saturated rings. The molecule has 10 heteroatoms. The van der Waals surface area contributed by atoms with Gasteiger partial charge < -0.3 is 9.47 Å². The fraction of sp³-hybridized carbons (Fsp3) is 0.400. The van der Waals surface area contributed by atoms with E-state index in [1.54, 1.807) is 0 Å². The highest BCUT2D eigenvalue weighted by Gasteiger charge is 2.26. The number of morpholine rings is 1. The molecule has 0 saturated carbocycles.